The first-order valence-corrected chi connectivity index (χ1v) is 7.05. The van der Waals surface area contributed by atoms with E-state index in [1.54, 1.807) is 0 Å². The number of hydrogen-bond acceptors (Lipinski definition) is 3. The summed E-state index contributed by atoms with van der Waals surface area (Å²) in [6.45, 7) is 4.79. The largest absolute Gasteiger partial charge is 0.389 e. The monoisotopic (exact) mass is 279 g/mol. The van der Waals surface area contributed by atoms with Crippen LogP contribution >= 0.6 is 0 Å². The molecule has 0 aliphatic heterocycles. The molecule has 0 aliphatic rings. The fourth-order valence-electron chi connectivity index (χ4n) is 1.90. The Morgan fingerprint density at radius 1 is 1.30 bits per heavy atom. The number of carbonyl (C=O) groups excluding carboxylic acids is 1. The predicted octanol–water partition coefficient (Wildman–Crippen LogP) is 1.87. The molecule has 1 atom stereocenters. The van der Waals surface area contributed by atoms with Crippen molar-refractivity contribution in [3.8, 4) is 0 Å². The molecule has 0 radical (unpaired) electrons. The average Bonchev–Trinajstić information content (AvgIpc) is 2.43. The van der Waals surface area contributed by atoms with Crippen LogP contribution in [0.2, 0.25) is 0 Å². The van der Waals surface area contributed by atoms with E-state index in [1.165, 1.54) is 12.7 Å². The number of ether oxygens (including phenoxy) is 1. The molecule has 1 aromatic carbocycles. The molecule has 0 saturated heterocycles. The van der Waals surface area contributed by atoms with Crippen LogP contribution in [-0.2, 0) is 16.0 Å². The van der Waals surface area contributed by atoms with E-state index in [0.717, 1.165) is 5.56 Å². The van der Waals surface area contributed by atoms with E-state index in [0.29, 0.717) is 18.8 Å². The Balaban J connectivity index is 2.30. The van der Waals surface area contributed by atoms with Gasteiger partial charge in [-0.15, -0.1) is 0 Å². The third-order valence-corrected chi connectivity index (χ3v) is 3.18. The molecule has 1 unspecified atom stereocenters. The lowest BCUT2D eigenvalue weighted by Gasteiger charge is -2.11. The van der Waals surface area contributed by atoms with E-state index in [1.807, 2.05) is 0 Å². The Morgan fingerprint density at radius 3 is 2.50 bits per heavy atom. The molecule has 0 heterocycles. The molecule has 0 saturated carbocycles. The molecule has 4 nitrogen and oxygen atoms in total. The van der Waals surface area contributed by atoms with Gasteiger partial charge >= 0.3 is 0 Å². The first-order chi connectivity index (χ1) is 9.52. The molecule has 1 aromatic rings. The number of aryl methyl sites for hydroxylation is 1. The molecular formula is C16H25NO3. The zero-order valence-corrected chi connectivity index (χ0v) is 12.6. The van der Waals surface area contributed by atoms with Gasteiger partial charge in [0.05, 0.1) is 12.7 Å². The molecule has 0 aromatic heterocycles. The summed E-state index contributed by atoms with van der Waals surface area (Å²) in [4.78, 5) is 11.6. The third kappa shape index (κ3) is 6.17. The fourth-order valence-corrected chi connectivity index (χ4v) is 1.90. The minimum atomic E-state index is -0.644. The second-order valence-electron chi connectivity index (χ2n) is 5.31. The van der Waals surface area contributed by atoms with Crippen molar-refractivity contribution in [2.75, 3.05) is 20.3 Å². The minimum absolute atomic E-state index is 0.0481. The van der Waals surface area contributed by atoms with Crippen LogP contribution in [0, 0.1) is 0 Å². The van der Waals surface area contributed by atoms with Crippen molar-refractivity contribution < 1.29 is 14.6 Å². The molecule has 4 heteroatoms. The van der Waals surface area contributed by atoms with Crippen LogP contribution in [0.3, 0.4) is 0 Å². The summed E-state index contributed by atoms with van der Waals surface area (Å²) in [5, 5.41) is 12.1. The Labute approximate surface area is 121 Å². The van der Waals surface area contributed by atoms with Crippen molar-refractivity contribution in [3.05, 3.63) is 35.4 Å². The number of amides is 1. The second kappa shape index (κ2) is 8.72. The maximum atomic E-state index is 11.6. The highest BCUT2D eigenvalue weighted by Crippen LogP contribution is 2.15. The highest BCUT2D eigenvalue weighted by atomic mass is 16.5. The first kappa shape index (κ1) is 16.7. The van der Waals surface area contributed by atoms with Crippen molar-refractivity contribution in [1.29, 1.82) is 0 Å². The molecule has 1 amide bonds. The highest BCUT2D eigenvalue weighted by Gasteiger charge is 2.07. The normalized spacial score (nSPS) is 12.4. The number of nitrogens with one attached hydrogen (secondary N) is 1. The van der Waals surface area contributed by atoms with Gasteiger partial charge in [-0.25, -0.2) is 0 Å². The van der Waals surface area contributed by atoms with Crippen LogP contribution in [0.5, 0.6) is 0 Å². The van der Waals surface area contributed by atoms with Crippen LogP contribution in [0.1, 0.15) is 37.3 Å². The summed E-state index contributed by atoms with van der Waals surface area (Å²) < 4.78 is 4.79. The Hall–Kier alpha value is -1.39. The quantitative estimate of drug-likeness (QED) is 0.763. The van der Waals surface area contributed by atoms with Crippen LogP contribution in [0.25, 0.3) is 0 Å². The zero-order valence-electron chi connectivity index (χ0n) is 12.6. The van der Waals surface area contributed by atoms with Gasteiger partial charge in [0.15, 0.2) is 0 Å². The van der Waals surface area contributed by atoms with E-state index in [9.17, 15) is 9.90 Å². The van der Waals surface area contributed by atoms with Crippen molar-refractivity contribution >= 4 is 5.91 Å². The molecule has 0 aliphatic carbocycles. The van der Waals surface area contributed by atoms with Gasteiger partial charge in [0, 0.05) is 20.1 Å². The van der Waals surface area contributed by atoms with Crippen LogP contribution < -0.4 is 5.32 Å². The van der Waals surface area contributed by atoms with Gasteiger partial charge in [0.25, 0.3) is 0 Å². The smallest absolute Gasteiger partial charge is 0.220 e. The van der Waals surface area contributed by atoms with Gasteiger partial charge in [-0.3, -0.25) is 4.79 Å². The van der Waals surface area contributed by atoms with E-state index >= 15 is 0 Å². The SMILES string of the molecule is COCC(O)CNC(=O)CCc1ccc(C(C)C)cc1. The Bertz CT molecular complexity index is 401. The molecule has 112 valence electrons. The lowest BCUT2D eigenvalue weighted by molar-refractivity contribution is -0.121. The van der Waals surface area contributed by atoms with Crippen molar-refractivity contribution in [3.63, 3.8) is 0 Å². The second-order valence-corrected chi connectivity index (χ2v) is 5.31. The van der Waals surface area contributed by atoms with Crippen LogP contribution in [0.4, 0.5) is 0 Å². The van der Waals surface area contributed by atoms with Crippen molar-refractivity contribution in [1.82, 2.24) is 5.32 Å². The Kier molecular flexibility index (Phi) is 7.26. The summed E-state index contributed by atoms with van der Waals surface area (Å²) >= 11 is 0. The summed E-state index contributed by atoms with van der Waals surface area (Å²) in [6, 6.07) is 8.37. The number of benzene rings is 1. The molecular weight excluding hydrogens is 254 g/mol. The summed E-state index contributed by atoms with van der Waals surface area (Å²) in [5.74, 6) is 0.475. The number of rotatable bonds is 8. The summed E-state index contributed by atoms with van der Waals surface area (Å²) in [7, 11) is 1.52. The van der Waals surface area contributed by atoms with E-state index in [4.69, 9.17) is 4.74 Å². The van der Waals surface area contributed by atoms with Crippen molar-refractivity contribution in [2.45, 2.75) is 38.7 Å². The van der Waals surface area contributed by atoms with Crippen LogP contribution in [0.15, 0.2) is 24.3 Å². The van der Waals surface area contributed by atoms with Crippen LogP contribution in [-0.4, -0.2) is 37.4 Å². The molecule has 20 heavy (non-hydrogen) atoms. The lowest BCUT2D eigenvalue weighted by Crippen LogP contribution is -2.34. The summed E-state index contributed by atoms with van der Waals surface area (Å²) in [6.07, 6.45) is 0.500. The van der Waals surface area contributed by atoms with E-state index in [2.05, 4.69) is 43.4 Å². The number of aliphatic hydroxyl groups is 1. The molecule has 0 fully saturated rings. The van der Waals surface area contributed by atoms with Crippen molar-refractivity contribution in [2.24, 2.45) is 0 Å². The highest BCUT2D eigenvalue weighted by molar-refractivity contribution is 5.76. The first-order valence-electron chi connectivity index (χ1n) is 7.05. The average molecular weight is 279 g/mol. The van der Waals surface area contributed by atoms with Gasteiger partial charge in [0.1, 0.15) is 0 Å². The maximum absolute atomic E-state index is 11.6. The number of methoxy groups -OCH3 is 1. The maximum Gasteiger partial charge on any atom is 0.220 e. The summed E-state index contributed by atoms with van der Waals surface area (Å²) in [5.41, 5.74) is 2.46. The predicted molar refractivity (Wildman–Crippen MR) is 79.7 cm³/mol. The third-order valence-electron chi connectivity index (χ3n) is 3.18. The van der Waals surface area contributed by atoms with Gasteiger partial charge in [-0.05, 0) is 23.5 Å². The van der Waals surface area contributed by atoms with E-state index in [-0.39, 0.29) is 19.1 Å². The minimum Gasteiger partial charge on any atom is -0.389 e. The fraction of sp³-hybridized carbons (Fsp3) is 0.562. The van der Waals surface area contributed by atoms with Gasteiger partial charge in [-0.1, -0.05) is 38.1 Å². The lowest BCUT2D eigenvalue weighted by atomic mass is 10.0. The molecule has 2 N–H and O–H groups in total. The van der Waals surface area contributed by atoms with E-state index < -0.39 is 6.10 Å². The van der Waals surface area contributed by atoms with Gasteiger partial charge in [-0.2, -0.15) is 0 Å². The number of hydrogen-bond donors (Lipinski definition) is 2. The standard InChI is InChI=1S/C16H25NO3/c1-12(2)14-7-4-13(5-8-14)6-9-16(19)17-10-15(18)11-20-3/h4-5,7-8,12,15,18H,6,9-11H2,1-3H3,(H,17,19). The number of carbonyl (C=O) groups is 1. The topological polar surface area (TPSA) is 58.6 Å². The number of aliphatic hydroxyl groups excluding tert-OH is 1. The Morgan fingerprint density at radius 2 is 1.95 bits per heavy atom. The zero-order chi connectivity index (χ0) is 15.0. The molecule has 0 spiro atoms. The molecule has 1 rings (SSSR count). The van der Waals surface area contributed by atoms with Gasteiger partial charge < -0.3 is 15.2 Å². The molecule has 0 bridgehead atoms. The van der Waals surface area contributed by atoms with Gasteiger partial charge in [0.2, 0.25) is 5.91 Å².